The molecule has 1 atom stereocenters. The maximum absolute atomic E-state index is 8.67. The van der Waals surface area contributed by atoms with Gasteiger partial charge in [-0.2, -0.15) is 0 Å². The summed E-state index contributed by atoms with van der Waals surface area (Å²) in [5, 5.41) is 8.67. The maximum Gasteiger partial charge on any atom is 0.212 e. The van der Waals surface area contributed by atoms with E-state index in [0.717, 1.165) is 5.56 Å². The predicted molar refractivity (Wildman–Crippen MR) is 63.9 cm³/mol. The van der Waals surface area contributed by atoms with E-state index >= 15 is 0 Å². The summed E-state index contributed by atoms with van der Waals surface area (Å²) in [5.41, 5.74) is 6.67. The highest BCUT2D eigenvalue weighted by Gasteiger charge is 2.05. The Kier molecular flexibility index (Phi) is 9.82. The summed E-state index contributed by atoms with van der Waals surface area (Å²) in [6, 6.07) is 3.46. The standard InChI is InChI=1S/C9H14N2O2.2ClH/c1-13-9-3-2-7(6-11-9)8(10)4-5-12;;/h2-3,6,8,12H,4-5,10H2,1H3;2*1H/t8-;;/m0../s1. The van der Waals surface area contributed by atoms with Gasteiger partial charge in [-0.25, -0.2) is 4.98 Å². The highest BCUT2D eigenvalue weighted by Crippen LogP contribution is 2.14. The summed E-state index contributed by atoms with van der Waals surface area (Å²) in [6.07, 6.45) is 2.22. The van der Waals surface area contributed by atoms with Gasteiger partial charge >= 0.3 is 0 Å². The Hall–Kier alpha value is -0.550. The van der Waals surface area contributed by atoms with Gasteiger partial charge in [0, 0.05) is 24.9 Å². The van der Waals surface area contributed by atoms with Crippen LogP contribution in [-0.4, -0.2) is 23.8 Å². The lowest BCUT2D eigenvalue weighted by Crippen LogP contribution is -2.12. The normalized spacial score (nSPS) is 10.9. The molecule has 0 amide bonds. The maximum atomic E-state index is 8.67. The number of methoxy groups -OCH3 is 1. The molecule has 0 aliphatic heterocycles. The van der Waals surface area contributed by atoms with Gasteiger partial charge in [-0.15, -0.1) is 24.8 Å². The Morgan fingerprint density at radius 1 is 1.47 bits per heavy atom. The predicted octanol–water partition coefficient (Wildman–Crippen LogP) is 1.32. The van der Waals surface area contributed by atoms with Crippen LogP contribution in [-0.2, 0) is 0 Å². The lowest BCUT2D eigenvalue weighted by molar-refractivity contribution is 0.276. The quantitative estimate of drug-likeness (QED) is 0.851. The Morgan fingerprint density at radius 3 is 2.53 bits per heavy atom. The van der Waals surface area contributed by atoms with Gasteiger partial charge in [-0.3, -0.25) is 0 Å². The third-order valence-electron chi connectivity index (χ3n) is 1.84. The van der Waals surface area contributed by atoms with Crippen LogP contribution in [0.25, 0.3) is 0 Å². The largest absolute Gasteiger partial charge is 0.481 e. The molecule has 1 aromatic rings. The molecule has 0 aromatic carbocycles. The summed E-state index contributed by atoms with van der Waals surface area (Å²) in [5.74, 6) is 0.569. The van der Waals surface area contributed by atoms with E-state index in [4.69, 9.17) is 15.6 Å². The number of hydrogen-bond donors (Lipinski definition) is 2. The van der Waals surface area contributed by atoms with E-state index in [9.17, 15) is 0 Å². The minimum Gasteiger partial charge on any atom is -0.481 e. The van der Waals surface area contributed by atoms with Gasteiger partial charge in [0.1, 0.15) is 0 Å². The van der Waals surface area contributed by atoms with E-state index in [1.807, 2.05) is 6.07 Å². The molecular formula is C9H16Cl2N2O2. The molecule has 6 heteroatoms. The molecule has 0 saturated carbocycles. The molecule has 88 valence electrons. The smallest absolute Gasteiger partial charge is 0.212 e. The minimum atomic E-state index is -0.150. The Morgan fingerprint density at radius 2 is 2.13 bits per heavy atom. The van der Waals surface area contributed by atoms with Crippen molar-refractivity contribution in [1.82, 2.24) is 4.98 Å². The van der Waals surface area contributed by atoms with E-state index in [0.29, 0.717) is 12.3 Å². The molecule has 0 radical (unpaired) electrons. The number of pyridine rings is 1. The molecule has 1 rings (SSSR count). The van der Waals surface area contributed by atoms with Crippen LogP contribution < -0.4 is 10.5 Å². The van der Waals surface area contributed by atoms with Gasteiger partial charge in [-0.1, -0.05) is 6.07 Å². The Labute approximate surface area is 102 Å². The summed E-state index contributed by atoms with van der Waals surface area (Å²) in [4.78, 5) is 4.02. The first-order chi connectivity index (χ1) is 6.27. The first-order valence-electron chi connectivity index (χ1n) is 4.14. The van der Waals surface area contributed by atoms with Gasteiger partial charge in [0.25, 0.3) is 0 Å². The van der Waals surface area contributed by atoms with Gasteiger partial charge in [0.15, 0.2) is 0 Å². The van der Waals surface area contributed by atoms with E-state index in [1.54, 1.807) is 19.4 Å². The van der Waals surface area contributed by atoms with Crippen molar-refractivity contribution in [2.24, 2.45) is 5.73 Å². The van der Waals surface area contributed by atoms with Crippen LogP contribution in [0.15, 0.2) is 18.3 Å². The van der Waals surface area contributed by atoms with Crippen molar-refractivity contribution in [2.75, 3.05) is 13.7 Å². The average molecular weight is 255 g/mol. The van der Waals surface area contributed by atoms with Crippen LogP contribution in [0.2, 0.25) is 0 Å². The number of nitrogens with two attached hydrogens (primary N) is 1. The topological polar surface area (TPSA) is 68.4 Å². The Bertz CT molecular complexity index is 257. The molecule has 15 heavy (non-hydrogen) atoms. The molecule has 1 heterocycles. The highest BCUT2D eigenvalue weighted by molar-refractivity contribution is 5.85. The fourth-order valence-electron chi connectivity index (χ4n) is 1.04. The number of aromatic nitrogens is 1. The van der Waals surface area contributed by atoms with Crippen LogP contribution >= 0.6 is 24.8 Å². The van der Waals surface area contributed by atoms with Gasteiger partial charge in [0.05, 0.1) is 7.11 Å². The summed E-state index contributed by atoms with van der Waals surface area (Å²) >= 11 is 0. The fourth-order valence-corrected chi connectivity index (χ4v) is 1.04. The Balaban J connectivity index is 0. The van der Waals surface area contributed by atoms with Crippen LogP contribution in [0.5, 0.6) is 5.88 Å². The monoisotopic (exact) mass is 254 g/mol. The second-order valence-electron chi connectivity index (χ2n) is 2.75. The van der Waals surface area contributed by atoms with Crippen LogP contribution in [0.4, 0.5) is 0 Å². The van der Waals surface area contributed by atoms with Crippen LogP contribution in [0.1, 0.15) is 18.0 Å². The number of hydrogen-bond acceptors (Lipinski definition) is 4. The molecule has 0 spiro atoms. The van der Waals surface area contributed by atoms with E-state index in [2.05, 4.69) is 4.98 Å². The van der Waals surface area contributed by atoms with Crippen molar-refractivity contribution in [2.45, 2.75) is 12.5 Å². The first-order valence-corrected chi connectivity index (χ1v) is 4.14. The van der Waals surface area contributed by atoms with Crippen LogP contribution in [0, 0.1) is 0 Å². The third kappa shape index (κ3) is 5.18. The summed E-state index contributed by atoms with van der Waals surface area (Å²) in [7, 11) is 1.57. The molecule has 0 fully saturated rings. The molecule has 0 saturated heterocycles. The van der Waals surface area contributed by atoms with Crippen molar-refractivity contribution in [1.29, 1.82) is 0 Å². The average Bonchev–Trinajstić information content (AvgIpc) is 2.18. The van der Waals surface area contributed by atoms with Crippen molar-refractivity contribution in [3.63, 3.8) is 0 Å². The van der Waals surface area contributed by atoms with Crippen molar-refractivity contribution < 1.29 is 9.84 Å². The highest BCUT2D eigenvalue weighted by atomic mass is 35.5. The number of aliphatic hydroxyl groups excluding tert-OH is 1. The summed E-state index contributed by atoms with van der Waals surface area (Å²) < 4.78 is 4.91. The zero-order valence-corrected chi connectivity index (χ0v) is 10.1. The fraction of sp³-hybridized carbons (Fsp3) is 0.444. The van der Waals surface area contributed by atoms with Crippen molar-refractivity contribution >= 4 is 24.8 Å². The zero-order chi connectivity index (χ0) is 9.68. The molecule has 0 bridgehead atoms. The number of rotatable bonds is 4. The zero-order valence-electron chi connectivity index (χ0n) is 8.42. The summed E-state index contributed by atoms with van der Waals surface area (Å²) in [6.45, 7) is 0.0905. The van der Waals surface area contributed by atoms with E-state index in [1.165, 1.54) is 0 Å². The van der Waals surface area contributed by atoms with E-state index in [-0.39, 0.29) is 37.5 Å². The number of halogens is 2. The second-order valence-corrected chi connectivity index (χ2v) is 2.75. The molecule has 0 unspecified atom stereocenters. The first kappa shape index (κ1) is 16.9. The van der Waals surface area contributed by atoms with Crippen molar-refractivity contribution in [3.8, 4) is 5.88 Å². The molecule has 0 aliphatic rings. The molecule has 3 N–H and O–H groups in total. The lowest BCUT2D eigenvalue weighted by Gasteiger charge is -2.09. The van der Waals surface area contributed by atoms with Crippen molar-refractivity contribution in [3.05, 3.63) is 23.9 Å². The SMILES string of the molecule is COc1ccc([C@@H](N)CCO)cn1.Cl.Cl. The minimum absolute atomic E-state index is 0. The molecular weight excluding hydrogens is 239 g/mol. The lowest BCUT2D eigenvalue weighted by atomic mass is 10.1. The van der Waals surface area contributed by atoms with Gasteiger partial charge in [0.2, 0.25) is 5.88 Å². The van der Waals surface area contributed by atoms with Crippen LogP contribution in [0.3, 0.4) is 0 Å². The number of ether oxygens (including phenoxy) is 1. The molecule has 0 aliphatic carbocycles. The van der Waals surface area contributed by atoms with E-state index < -0.39 is 0 Å². The van der Waals surface area contributed by atoms with Gasteiger partial charge < -0.3 is 15.6 Å². The number of aliphatic hydroxyl groups is 1. The third-order valence-corrected chi connectivity index (χ3v) is 1.84. The molecule has 4 nitrogen and oxygen atoms in total. The molecule has 1 aromatic heterocycles. The number of nitrogens with zero attached hydrogens (tertiary/aromatic N) is 1. The van der Waals surface area contributed by atoms with Gasteiger partial charge in [-0.05, 0) is 12.0 Å². The second kappa shape index (κ2) is 8.73.